The number of hydrogen-bond donors (Lipinski definition) is 5. The number of hydrogen-bond acceptors (Lipinski definition) is 9. The van der Waals surface area contributed by atoms with Crippen LogP contribution in [0.1, 0.15) is 0 Å². The maximum Gasteiger partial charge on any atom is 0.229 e. The monoisotopic (exact) mass is 459 g/mol. The molecule has 5 atom stereocenters. The van der Waals surface area contributed by atoms with Gasteiger partial charge in [0.1, 0.15) is 30.2 Å². The summed E-state index contributed by atoms with van der Waals surface area (Å²) in [5.74, 6) is 0.453. The summed E-state index contributed by atoms with van der Waals surface area (Å²) in [4.78, 5) is 8.57. The van der Waals surface area contributed by atoms with Crippen molar-refractivity contribution in [2.45, 2.75) is 30.7 Å². The topological polar surface area (TPSA) is 151 Å². The van der Waals surface area contributed by atoms with Crippen LogP contribution < -0.4 is 10.5 Å². The number of benzene rings is 2. The second-order valence-corrected chi connectivity index (χ2v) is 7.78. The quantitative estimate of drug-likeness (QED) is 0.379. The molecule has 168 valence electrons. The Morgan fingerprint density at radius 1 is 0.906 bits per heavy atom. The summed E-state index contributed by atoms with van der Waals surface area (Å²) in [5, 5.41) is 39.8. The first-order valence-corrected chi connectivity index (χ1v) is 10.2. The van der Waals surface area contributed by atoms with Crippen molar-refractivity contribution in [3.8, 4) is 28.3 Å². The number of nitrogens with zero attached hydrogens (tertiary/aromatic N) is 2. The highest BCUT2D eigenvalue weighted by atomic mass is 35.5. The molecule has 1 aromatic heterocycles. The highest BCUT2D eigenvalue weighted by molar-refractivity contribution is 6.30. The van der Waals surface area contributed by atoms with Gasteiger partial charge >= 0.3 is 0 Å². The number of halogens is 1. The van der Waals surface area contributed by atoms with E-state index in [4.69, 9.17) is 26.8 Å². The number of aromatic nitrogens is 2. The predicted molar refractivity (Wildman–Crippen MR) is 117 cm³/mol. The van der Waals surface area contributed by atoms with E-state index in [9.17, 15) is 20.4 Å². The molecule has 0 radical (unpaired) electrons. The first-order valence-electron chi connectivity index (χ1n) is 9.84. The molecule has 1 aliphatic heterocycles. The fourth-order valence-electron chi connectivity index (χ4n) is 3.41. The molecule has 0 spiro atoms. The molecule has 0 aliphatic carbocycles. The molecule has 3 aromatic rings. The van der Waals surface area contributed by atoms with Gasteiger partial charge in [-0.15, -0.1) is 0 Å². The molecular formula is C22H22ClN3O6. The van der Waals surface area contributed by atoms with Gasteiger partial charge in [-0.3, -0.25) is 0 Å². The molecule has 9 nitrogen and oxygen atoms in total. The number of anilines is 1. The van der Waals surface area contributed by atoms with Crippen LogP contribution in [0.3, 0.4) is 0 Å². The number of aliphatic hydroxyl groups excluding tert-OH is 4. The van der Waals surface area contributed by atoms with Crippen molar-refractivity contribution in [3.63, 3.8) is 0 Å². The highest BCUT2D eigenvalue weighted by Crippen LogP contribution is 2.29. The molecule has 6 N–H and O–H groups in total. The molecule has 2 heterocycles. The van der Waals surface area contributed by atoms with E-state index in [0.29, 0.717) is 22.2 Å². The fraction of sp³-hybridized carbons (Fsp3) is 0.273. The Labute approximate surface area is 188 Å². The minimum Gasteiger partial charge on any atom is -0.462 e. The molecule has 0 unspecified atom stereocenters. The third kappa shape index (κ3) is 4.68. The van der Waals surface area contributed by atoms with Gasteiger partial charge in [-0.2, -0.15) is 0 Å². The minimum absolute atomic E-state index is 0.110. The average molecular weight is 460 g/mol. The number of rotatable bonds is 5. The lowest BCUT2D eigenvalue weighted by molar-refractivity contribution is -0.277. The van der Waals surface area contributed by atoms with Crippen molar-refractivity contribution in [1.82, 2.24) is 9.97 Å². The summed E-state index contributed by atoms with van der Waals surface area (Å²) in [6, 6.07) is 15.8. The van der Waals surface area contributed by atoms with Crippen molar-refractivity contribution < 1.29 is 29.9 Å². The molecule has 1 fully saturated rings. The van der Waals surface area contributed by atoms with Gasteiger partial charge in [0.05, 0.1) is 18.0 Å². The Balaban J connectivity index is 1.54. The largest absolute Gasteiger partial charge is 0.462 e. The van der Waals surface area contributed by atoms with Crippen LogP contribution in [0.4, 0.5) is 5.95 Å². The summed E-state index contributed by atoms with van der Waals surface area (Å²) in [7, 11) is 0. The van der Waals surface area contributed by atoms with Gasteiger partial charge in [-0.05, 0) is 42.5 Å². The van der Waals surface area contributed by atoms with Crippen molar-refractivity contribution in [2.24, 2.45) is 0 Å². The lowest BCUT2D eigenvalue weighted by Crippen LogP contribution is -2.60. The summed E-state index contributed by atoms with van der Waals surface area (Å²) >= 11 is 6.07. The number of aliphatic hydroxyl groups is 4. The van der Waals surface area contributed by atoms with E-state index in [0.717, 1.165) is 11.1 Å². The van der Waals surface area contributed by atoms with Crippen LogP contribution in [0.15, 0.2) is 54.6 Å². The van der Waals surface area contributed by atoms with Gasteiger partial charge in [0.25, 0.3) is 0 Å². The van der Waals surface area contributed by atoms with Crippen molar-refractivity contribution in [1.29, 1.82) is 0 Å². The number of nitrogens with two attached hydrogens (primary N) is 1. The summed E-state index contributed by atoms with van der Waals surface area (Å²) in [5.41, 5.74) is 8.65. The van der Waals surface area contributed by atoms with E-state index >= 15 is 0 Å². The Morgan fingerprint density at radius 2 is 1.59 bits per heavy atom. The van der Waals surface area contributed by atoms with Crippen LogP contribution in [0.25, 0.3) is 22.5 Å². The average Bonchev–Trinajstić information content (AvgIpc) is 2.79. The Bertz CT molecular complexity index is 1080. The minimum atomic E-state index is -1.51. The third-order valence-corrected chi connectivity index (χ3v) is 5.35. The number of nitrogen functional groups attached to an aromatic ring is 1. The zero-order chi connectivity index (χ0) is 22.8. The van der Waals surface area contributed by atoms with E-state index in [-0.39, 0.29) is 5.95 Å². The summed E-state index contributed by atoms with van der Waals surface area (Å²) < 4.78 is 11.0. The maximum absolute atomic E-state index is 10.1. The van der Waals surface area contributed by atoms with Crippen LogP contribution in [-0.2, 0) is 4.74 Å². The molecule has 1 aliphatic rings. The van der Waals surface area contributed by atoms with Crippen molar-refractivity contribution in [3.05, 3.63) is 59.6 Å². The second kappa shape index (κ2) is 9.37. The van der Waals surface area contributed by atoms with Crippen LogP contribution in [0, 0.1) is 0 Å². The maximum atomic E-state index is 10.1. The van der Waals surface area contributed by atoms with Crippen LogP contribution in [0.2, 0.25) is 5.02 Å². The van der Waals surface area contributed by atoms with Gasteiger partial charge < -0.3 is 35.6 Å². The van der Waals surface area contributed by atoms with Gasteiger partial charge in [-0.1, -0.05) is 23.7 Å². The predicted octanol–water partition coefficient (Wildman–Crippen LogP) is 1.22. The van der Waals surface area contributed by atoms with Crippen LogP contribution in [0.5, 0.6) is 5.75 Å². The van der Waals surface area contributed by atoms with Gasteiger partial charge in [0.2, 0.25) is 12.2 Å². The van der Waals surface area contributed by atoms with Gasteiger partial charge in [0, 0.05) is 16.1 Å². The van der Waals surface area contributed by atoms with Crippen LogP contribution >= 0.6 is 11.6 Å². The number of ether oxygens (including phenoxy) is 2. The Kier molecular flexibility index (Phi) is 6.56. The molecule has 2 aromatic carbocycles. The molecule has 10 heteroatoms. The zero-order valence-electron chi connectivity index (χ0n) is 16.7. The molecular weight excluding hydrogens is 438 g/mol. The lowest BCUT2D eigenvalue weighted by atomic mass is 9.99. The normalized spacial score (nSPS) is 25.5. The van der Waals surface area contributed by atoms with Crippen molar-refractivity contribution in [2.75, 3.05) is 12.3 Å². The molecule has 4 rings (SSSR count). The van der Waals surface area contributed by atoms with Gasteiger partial charge in [0.15, 0.2) is 0 Å². The van der Waals surface area contributed by atoms with E-state index < -0.39 is 37.3 Å². The van der Waals surface area contributed by atoms with Gasteiger partial charge in [-0.25, -0.2) is 9.97 Å². The Morgan fingerprint density at radius 3 is 2.25 bits per heavy atom. The van der Waals surface area contributed by atoms with E-state index in [2.05, 4.69) is 9.97 Å². The summed E-state index contributed by atoms with van der Waals surface area (Å²) in [6.45, 7) is -0.534. The molecule has 32 heavy (non-hydrogen) atoms. The highest BCUT2D eigenvalue weighted by Gasteiger charge is 2.44. The summed E-state index contributed by atoms with van der Waals surface area (Å²) in [6.07, 6.45) is -6.77. The Hall–Kier alpha value is -2.79. The third-order valence-electron chi connectivity index (χ3n) is 5.11. The van der Waals surface area contributed by atoms with E-state index in [1.165, 1.54) is 0 Å². The fourth-order valence-corrected chi connectivity index (χ4v) is 3.60. The second-order valence-electron chi connectivity index (χ2n) is 7.35. The SMILES string of the molecule is Nc1nc(-c2ccc(O[C@@H]3O[C@H](CO)[C@@H](O)[C@@H](O)[C@H]3O)cc2)cc(-c2cccc(Cl)c2)n1. The standard InChI is InChI=1S/C22H22ClN3O6/c23-13-3-1-2-12(8-13)16-9-15(25-22(24)26-16)11-4-6-14(7-5-11)31-21-20(30)19(29)18(28)17(10-27)32-21/h1-9,17-21,27-30H,10H2,(H2,24,25,26)/t17-,18-,19-,20-,21-/m1/s1. The smallest absolute Gasteiger partial charge is 0.229 e. The molecule has 0 bridgehead atoms. The van der Waals surface area contributed by atoms with Crippen molar-refractivity contribution >= 4 is 17.5 Å². The molecule has 0 saturated carbocycles. The first kappa shape index (κ1) is 22.4. The van der Waals surface area contributed by atoms with E-state index in [1.54, 1.807) is 42.5 Å². The van der Waals surface area contributed by atoms with Crippen LogP contribution in [-0.4, -0.2) is 67.7 Å². The first-order chi connectivity index (χ1) is 15.4. The lowest BCUT2D eigenvalue weighted by Gasteiger charge is -2.39. The van der Waals surface area contributed by atoms with E-state index in [1.807, 2.05) is 12.1 Å². The molecule has 0 amide bonds. The zero-order valence-corrected chi connectivity index (χ0v) is 17.5. The molecule has 1 saturated heterocycles.